The van der Waals surface area contributed by atoms with Crippen LogP contribution in [-0.2, 0) is 27.5 Å². The number of ketones is 1. The molecule has 3 N–H and O–H groups in total. The van der Waals surface area contributed by atoms with Gasteiger partial charge in [-0.1, -0.05) is 62.1 Å². The predicted molar refractivity (Wildman–Crippen MR) is 151 cm³/mol. The van der Waals surface area contributed by atoms with Gasteiger partial charge in [0.05, 0.1) is 11.0 Å². The van der Waals surface area contributed by atoms with Crippen molar-refractivity contribution in [3.63, 3.8) is 0 Å². The molecule has 0 aliphatic rings. The lowest BCUT2D eigenvalue weighted by Crippen LogP contribution is -2.47. The van der Waals surface area contributed by atoms with Crippen molar-refractivity contribution in [3.8, 4) is 5.95 Å². The van der Waals surface area contributed by atoms with Crippen molar-refractivity contribution in [1.82, 2.24) is 24.6 Å². The summed E-state index contributed by atoms with van der Waals surface area (Å²) >= 11 is 0. The van der Waals surface area contributed by atoms with Crippen molar-refractivity contribution in [2.75, 3.05) is 6.61 Å². The zero-order valence-electron chi connectivity index (χ0n) is 22.7. The lowest BCUT2D eigenvalue weighted by Gasteiger charge is -2.16. The summed E-state index contributed by atoms with van der Waals surface area (Å²) in [7, 11) is -1.25. The van der Waals surface area contributed by atoms with Crippen molar-refractivity contribution in [1.29, 1.82) is 0 Å². The maximum absolute atomic E-state index is 13.2. The topological polar surface area (TPSA) is 134 Å². The Balaban J connectivity index is 1.60. The second kappa shape index (κ2) is 11.7. The van der Waals surface area contributed by atoms with Gasteiger partial charge in [-0.05, 0) is 36.7 Å². The van der Waals surface area contributed by atoms with Crippen LogP contribution in [0.4, 0.5) is 0 Å². The van der Waals surface area contributed by atoms with Crippen molar-refractivity contribution < 1.29 is 19.1 Å². The molecule has 0 radical (unpaired) electrons. The van der Waals surface area contributed by atoms with Crippen molar-refractivity contribution >= 4 is 36.7 Å². The number of fused-ring (bicyclic) bond motifs is 1. The van der Waals surface area contributed by atoms with Gasteiger partial charge in [0.2, 0.25) is 11.7 Å². The Bertz CT molecular complexity index is 1490. The molecule has 0 aliphatic carbocycles. The first-order valence-corrected chi connectivity index (χ1v) is 16.5. The van der Waals surface area contributed by atoms with Crippen LogP contribution in [0.5, 0.6) is 0 Å². The SMILES string of the molecule is Cc1cc(C(=O)NC(Cc2ccccc2)C(=O)C(N)=O)nn1-c1nc2ccccc2n1COCC[Si](C)(C)C. The average Bonchev–Trinajstić information content (AvgIpc) is 3.46. The van der Waals surface area contributed by atoms with Gasteiger partial charge in [0.15, 0.2) is 5.69 Å². The summed E-state index contributed by atoms with van der Waals surface area (Å²) in [5, 5.41) is 7.15. The number of aromatic nitrogens is 4. The number of benzene rings is 2. The fourth-order valence-corrected chi connectivity index (χ4v) is 4.89. The normalized spacial score (nSPS) is 12.4. The lowest BCUT2D eigenvalue weighted by atomic mass is 10.0. The minimum atomic E-state index is -1.25. The molecule has 0 saturated carbocycles. The molecular weight excluding hydrogens is 512 g/mol. The Labute approximate surface area is 228 Å². The largest absolute Gasteiger partial charge is 0.363 e. The second-order valence-electron chi connectivity index (χ2n) is 10.7. The van der Waals surface area contributed by atoms with E-state index in [2.05, 4.69) is 30.1 Å². The molecule has 10 nitrogen and oxygen atoms in total. The number of para-hydroxylation sites is 2. The Hall–Kier alpha value is -4.09. The summed E-state index contributed by atoms with van der Waals surface area (Å²) in [6, 6.07) is 18.3. The second-order valence-corrected chi connectivity index (χ2v) is 16.3. The van der Waals surface area contributed by atoms with Crippen molar-refractivity contribution in [2.24, 2.45) is 5.73 Å². The van der Waals surface area contributed by atoms with Gasteiger partial charge in [-0.25, -0.2) is 9.67 Å². The van der Waals surface area contributed by atoms with E-state index in [-0.39, 0.29) is 18.8 Å². The summed E-state index contributed by atoms with van der Waals surface area (Å²) in [5.74, 6) is -2.07. The van der Waals surface area contributed by atoms with Crippen LogP contribution < -0.4 is 11.1 Å². The molecule has 4 rings (SSSR count). The average molecular weight is 547 g/mol. The lowest BCUT2D eigenvalue weighted by molar-refractivity contribution is -0.137. The fraction of sp³-hybridized carbons (Fsp3) is 0.321. The Morgan fingerprint density at radius 2 is 1.74 bits per heavy atom. The summed E-state index contributed by atoms with van der Waals surface area (Å²) in [6.45, 7) is 9.65. The van der Waals surface area contributed by atoms with Crippen LogP contribution >= 0.6 is 0 Å². The number of carbonyl (C=O) groups is 3. The van der Waals surface area contributed by atoms with E-state index >= 15 is 0 Å². The summed E-state index contributed by atoms with van der Waals surface area (Å²) in [4.78, 5) is 42.1. The molecule has 4 aromatic rings. The van der Waals surface area contributed by atoms with Crippen LogP contribution in [0.25, 0.3) is 17.0 Å². The highest BCUT2D eigenvalue weighted by Crippen LogP contribution is 2.21. The third-order valence-electron chi connectivity index (χ3n) is 6.31. The first-order valence-electron chi connectivity index (χ1n) is 12.8. The van der Waals surface area contributed by atoms with E-state index in [1.54, 1.807) is 10.7 Å². The quantitative estimate of drug-likeness (QED) is 0.159. The Kier molecular flexibility index (Phi) is 8.41. The van der Waals surface area contributed by atoms with Crippen LogP contribution in [0.3, 0.4) is 0 Å². The van der Waals surface area contributed by atoms with Crippen LogP contribution in [0.1, 0.15) is 21.7 Å². The molecule has 0 aliphatic heterocycles. The van der Waals surface area contributed by atoms with Crippen molar-refractivity contribution in [2.45, 2.75) is 51.8 Å². The van der Waals surface area contributed by atoms with Crippen LogP contribution in [-0.4, -0.2) is 57.7 Å². The van der Waals surface area contributed by atoms with Gasteiger partial charge < -0.3 is 15.8 Å². The minimum absolute atomic E-state index is 0.0843. The molecule has 204 valence electrons. The number of imidazole rings is 1. The van der Waals surface area contributed by atoms with Gasteiger partial charge in [0.25, 0.3) is 11.8 Å². The molecule has 0 spiro atoms. The number of nitrogens with zero attached hydrogens (tertiary/aromatic N) is 4. The highest BCUT2D eigenvalue weighted by Gasteiger charge is 2.27. The highest BCUT2D eigenvalue weighted by molar-refractivity contribution is 6.76. The maximum atomic E-state index is 13.2. The number of hydrogen-bond donors (Lipinski definition) is 2. The fourth-order valence-electron chi connectivity index (χ4n) is 4.14. The summed E-state index contributed by atoms with van der Waals surface area (Å²) in [5.41, 5.74) is 8.45. The van der Waals surface area contributed by atoms with E-state index in [0.717, 1.165) is 22.6 Å². The van der Waals surface area contributed by atoms with Gasteiger partial charge in [-0.15, -0.1) is 0 Å². The molecule has 2 amide bonds. The number of carbonyl (C=O) groups excluding carboxylic acids is 3. The minimum Gasteiger partial charge on any atom is -0.363 e. The Morgan fingerprint density at radius 1 is 1.05 bits per heavy atom. The van der Waals surface area contributed by atoms with E-state index in [1.165, 1.54) is 0 Å². The summed E-state index contributed by atoms with van der Waals surface area (Å²) < 4.78 is 9.54. The number of Topliss-reactive ketones (excluding diaryl/α,β-unsaturated/α-hetero) is 1. The zero-order valence-corrected chi connectivity index (χ0v) is 23.7. The third kappa shape index (κ3) is 6.87. The number of nitrogens with two attached hydrogens (primary N) is 1. The number of nitrogens with one attached hydrogen (secondary N) is 1. The molecule has 2 aromatic carbocycles. The standard InChI is InChI=1S/C28H34N6O4Si/c1-19-16-23(27(37)30-22(25(35)26(29)36)17-20-10-6-5-7-11-20)32-34(19)28-31-21-12-8-9-13-24(21)33(28)18-38-14-15-39(2,3)4/h5-13,16,22H,14-15,17-18H2,1-4H3,(H2,29,36)(H,30,37). The van der Waals surface area contributed by atoms with Crippen molar-refractivity contribution in [3.05, 3.63) is 77.6 Å². The molecule has 11 heteroatoms. The highest BCUT2D eigenvalue weighted by atomic mass is 28.3. The van der Waals surface area contributed by atoms with Gasteiger partial charge in [-0.2, -0.15) is 5.10 Å². The molecule has 0 saturated heterocycles. The maximum Gasteiger partial charge on any atom is 0.287 e. The molecular formula is C28H34N6O4Si. The molecule has 2 heterocycles. The van der Waals surface area contributed by atoms with E-state index in [4.69, 9.17) is 15.5 Å². The number of amides is 2. The smallest absolute Gasteiger partial charge is 0.287 e. The zero-order chi connectivity index (χ0) is 28.2. The molecule has 39 heavy (non-hydrogen) atoms. The predicted octanol–water partition coefficient (Wildman–Crippen LogP) is 3.24. The molecule has 0 bridgehead atoms. The number of primary amides is 1. The van der Waals surface area contributed by atoms with Crippen LogP contribution in [0.15, 0.2) is 60.7 Å². The van der Waals surface area contributed by atoms with Gasteiger partial charge in [-0.3, -0.25) is 19.0 Å². The van der Waals surface area contributed by atoms with Crippen LogP contribution in [0.2, 0.25) is 25.7 Å². The van der Waals surface area contributed by atoms with Gasteiger partial charge in [0.1, 0.15) is 12.8 Å². The number of ether oxygens (including phenoxy) is 1. The molecule has 2 aromatic heterocycles. The first-order chi connectivity index (χ1) is 18.5. The van der Waals surface area contributed by atoms with Gasteiger partial charge in [0, 0.05) is 26.8 Å². The number of rotatable bonds is 12. The van der Waals surface area contributed by atoms with Crippen LogP contribution in [0, 0.1) is 6.92 Å². The van der Waals surface area contributed by atoms with E-state index in [0.29, 0.717) is 18.2 Å². The molecule has 1 unspecified atom stereocenters. The Morgan fingerprint density at radius 3 is 2.44 bits per heavy atom. The first kappa shape index (κ1) is 27.9. The van der Waals surface area contributed by atoms with Gasteiger partial charge >= 0.3 is 0 Å². The third-order valence-corrected chi connectivity index (χ3v) is 8.01. The number of aryl methyl sites for hydroxylation is 1. The van der Waals surface area contributed by atoms with E-state index in [9.17, 15) is 14.4 Å². The van der Waals surface area contributed by atoms with E-state index in [1.807, 2.05) is 66.1 Å². The van der Waals surface area contributed by atoms with E-state index < -0.39 is 31.7 Å². The number of hydrogen-bond acceptors (Lipinski definition) is 6. The monoisotopic (exact) mass is 546 g/mol. The molecule has 0 fully saturated rings. The molecule has 1 atom stereocenters. The summed E-state index contributed by atoms with van der Waals surface area (Å²) in [6.07, 6.45) is 0.124.